The van der Waals surface area contributed by atoms with Gasteiger partial charge in [0.1, 0.15) is 0 Å². The van der Waals surface area contributed by atoms with Gasteiger partial charge in [-0.05, 0) is 25.6 Å². The Labute approximate surface area is 165 Å². The van der Waals surface area contributed by atoms with Gasteiger partial charge in [-0.3, -0.25) is 19.8 Å². The zero-order valence-electron chi connectivity index (χ0n) is 16.3. The molecule has 0 radical (unpaired) electrons. The number of nitro benzene ring substituents is 1. The van der Waals surface area contributed by atoms with Crippen molar-refractivity contribution in [2.45, 2.75) is 13.0 Å². The molecule has 28 heavy (non-hydrogen) atoms. The molecule has 1 saturated heterocycles. The summed E-state index contributed by atoms with van der Waals surface area (Å²) in [6.07, 6.45) is 0. The zero-order valence-corrected chi connectivity index (χ0v) is 16.3. The van der Waals surface area contributed by atoms with Crippen molar-refractivity contribution in [1.82, 2.24) is 15.1 Å². The highest BCUT2D eigenvalue weighted by atomic mass is 16.6. The van der Waals surface area contributed by atoms with E-state index in [1.165, 1.54) is 23.8 Å². The van der Waals surface area contributed by atoms with Crippen LogP contribution in [0, 0.1) is 17.0 Å². The number of piperazine rings is 1. The number of nitrogens with one attached hydrogen (secondary N) is 1. The molecule has 1 heterocycles. The molecule has 148 valence electrons. The molecule has 0 unspecified atom stereocenters. The lowest BCUT2D eigenvalue weighted by atomic mass is 10.0. The quantitative estimate of drug-likeness (QED) is 0.614. The summed E-state index contributed by atoms with van der Waals surface area (Å²) in [6, 6.07) is 14.3. The third-order valence-corrected chi connectivity index (χ3v) is 5.22. The number of carbonyl (C=O) groups excluding carboxylic acids is 1. The number of aryl methyl sites for hydroxylation is 1. The van der Waals surface area contributed by atoms with E-state index in [2.05, 4.69) is 53.4 Å². The number of hydrogen-bond donors (Lipinski definition) is 1. The summed E-state index contributed by atoms with van der Waals surface area (Å²) in [5.74, 6) is -0.296. The Morgan fingerprint density at radius 1 is 1.14 bits per heavy atom. The van der Waals surface area contributed by atoms with Crippen molar-refractivity contribution < 1.29 is 9.72 Å². The van der Waals surface area contributed by atoms with Crippen molar-refractivity contribution >= 4 is 11.6 Å². The van der Waals surface area contributed by atoms with Crippen molar-refractivity contribution in [2.75, 3.05) is 39.8 Å². The van der Waals surface area contributed by atoms with Gasteiger partial charge in [0, 0.05) is 50.4 Å². The molecule has 1 fully saturated rings. The third kappa shape index (κ3) is 4.94. The normalized spacial score (nSPS) is 16.5. The molecule has 1 aliphatic heterocycles. The number of hydrogen-bond acceptors (Lipinski definition) is 5. The number of non-ortho nitro benzene ring substituents is 1. The highest BCUT2D eigenvalue weighted by molar-refractivity contribution is 5.94. The Balaban J connectivity index is 1.74. The monoisotopic (exact) mass is 382 g/mol. The predicted octanol–water partition coefficient (Wildman–Crippen LogP) is 2.62. The van der Waals surface area contributed by atoms with Crippen LogP contribution in [0.5, 0.6) is 0 Å². The Bertz CT molecular complexity index is 830. The second-order valence-corrected chi connectivity index (χ2v) is 7.28. The first-order valence-corrected chi connectivity index (χ1v) is 9.46. The number of nitrogens with zero attached hydrogens (tertiary/aromatic N) is 3. The van der Waals surface area contributed by atoms with Crippen molar-refractivity contribution in [2.24, 2.45) is 0 Å². The SMILES string of the molecule is Cc1ccc([C@@H](CNC(=O)c2cccc([N+](=O)[O-])c2)N2CCN(C)CC2)cc1. The van der Waals surface area contributed by atoms with E-state index >= 15 is 0 Å². The standard InChI is InChI=1S/C21H26N4O3/c1-16-6-8-17(9-7-16)20(24-12-10-23(2)11-13-24)15-22-21(26)18-4-3-5-19(14-18)25(27)28/h3-9,14,20H,10-13,15H2,1-2H3,(H,22,26)/t20-/m1/s1. The van der Waals surface area contributed by atoms with E-state index in [9.17, 15) is 14.9 Å². The summed E-state index contributed by atoms with van der Waals surface area (Å²) >= 11 is 0. The summed E-state index contributed by atoms with van der Waals surface area (Å²) in [6.45, 7) is 6.35. The first kappa shape index (κ1) is 20.0. The van der Waals surface area contributed by atoms with Crippen molar-refractivity contribution in [3.8, 4) is 0 Å². The number of nitro groups is 1. The van der Waals surface area contributed by atoms with Crippen LogP contribution in [0.3, 0.4) is 0 Å². The van der Waals surface area contributed by atoms with E-state index in [4.69, 9.17) is 0 Å². The van der Waals surface area contributed by atoms with E-state index in [-0.39, 0.29) is 17.6 Å². The van der Waals surface area contributed by atoms with Gasteiger partial charge in [0.2, 0.25) is 0 Å². The van der Waals surface area contributed by atoms with Gasteiger partial charge in [0.15, 0.2) is 0 Å². The summed E-state index contributed by atoms with van der Waals surface area (Å²) in [7, 11) is 2.11. The predicted molar refractivity (Wildman–Crippen MR) is 108 cm³/mol. The molecule has 3 rings (SSSR count). The van der Waals surface area contributed by atoms with E-state index in [1.807, 2.05) is 0 Å². The van der Waals surface area contributed by atoms with Gasteiger partial charge in [0.05, 0.1) is 11.0 Å². The van der Waals surface area contributed by atoms with Crippen LogP contribution in [0.15, 0.2) is 48.5 Å². The molecule has 0 aromatic heterocycles. The maximum atomic E-state index is 12.6. The van der Waals surface area contributed by atoms with Crippen molar-refractivity contribution in [3.05, 3.63) is 75.3 Å². The highest BCUT2D eigenvalue weighted by Gasteiger charge is 2.24. The zero-order chi connectivity index (χ0) is 20.1. The minimum atomic E-state index is -0.490. The van der Waals surface area contributed by atoms with Gasteiger partial charge >= 0.3 is 0 Å². The Morgan fingerprint density at radius 3 is 2.46 bits per heavy atom. The van der Waals surface area contributed by atoms with Crippen LogP contribution >= 0.6 is 0 Å². The minimum absolute atomic E-state index is 0.0666. The number of rotatable bonds is 6. The smallest absolute Gasteiger partial charge is 0.270 e. The molecule has 7 heteroatoms. The molecule has 1 N–H and O–H groups in total. The Kier molecular flexibility index (Phi) is 6.38. The summed E-state index contributed by atoms with van der Waals surface area (Å²) in [4.78, 5) is 27.7. The van der Waals surface area contributed by atoms with Gasteiger partial charge in [-0.1, -0.05) is 35.9 Å². The average Bonchev–Trinajstić information content (AvgIpc) is 2.70. The first-order valence-electron chi connectivity index (χ1n) is 9.46. The van der Waals surface area contributed by atoms with E-state index in [0.29, 0.717) is 12.1 Å². The second-order valence-electron chi connectivity index (χ2n) is 7.28. The minimum Gasteiger partial charge on any atom is -0.350 e. The molecule has 0 aliphatic carbocycles. The molecule has 1 aliphatic rings. The Hall–Kier alpha value is -2.77. The molecule has 1 atom stereocenters. The van der Waals surface area contributed by atoms with Crippen LogP contribution in [0.25, 0.3) is 0 Å². The maximum Gasteiger partial charge on any atom is 0.270 e. The lowest BCUT2D eigenvalue weighted by molar-refractivity contribution is -0.384. The molecule has 0 bridgehead atoms. The van der Waals surface area contributed by atoms with Crippen LogP contribution in [0.4, 0.5) is 5.69 Å². The number of likely N-dealkylation sites (N-methyl/N-ethyl adjacent to an activating group) is 1. The van der Waals surface area contributed by atoms with Crippen molar-refractivity contribution in [3.63, 3.8) is 0 Å². The molecule has 2 aromatic carbocycles. The number of carbonyl (C=O) groups is 1. The van der Waals surface area contributed by atoms with Crippen LogP contribution in [-0.2, 0) is 0 Å². The lowest BCUT2D eigenvalue weighted by Gasteiger charge is -2.38. The molecule has 2 aromatic rings. The van der Waals surface area contributed by atoms with E-state index < -0.39 is 4.92 Å². The second kappa shape index (κ2) is 8.95. The molecule has 0 saturated carbocycles. The van der Waals surface area contributed by atoms with Crippen molar-refractivity contribution in [1.29, 1.82) is 0 Å². The summed E-state index contributed by atoms with van der Waals surface area (Å²) in [5.41, 5.74) is 2.58. The molecular formula is C21H26N4O3. The fraction of sp³-hybridized carbons (Fsp3) is 0.381. The van der Waals surface area contributed by atoms with Crippen LogP contribution in [-0.4, -0.2) is 60.4 Å². The van der Waals surface area contributed by atoms with Gasteiger partial charge in [-0.2, -0.15) is 0 Å². The van der Waals surface area contributed by atoms with Crippen LogP contribution in [0.1, 0.15) is 27.5 Å². The fourth-order valence-electron chi connectivity index (χ4n) is 3.43. The summed E-state index contributed by atoms with van der Waals surface area (Å²) in [5, 5.41) is 13.9. The number of benzene rings is 2. The molecular weight excluding hydrogens is 356 g/mol. The summed E-state index contributed by atoms with van der Waals surface area (Å²) < 4.78 is 0. The van der Waals surface area contributed by atoms with Crippen LogP contribution in [0.2, 0.25) is 0 Å². The highest BCUT2D eigenvalue weighted by Crippen LogP contribution is 2.22. The third-order valence-electron chi connectivity index (χ3n) is 5.22. The molecule has 0 spiro atoms. The van der Waals surface area contributed by atoms with Gasteiger partial charge in [-0.25, -0.2) is 0 Å². The fourth-order valence-corrected chi connectivity index (χ4v) is 3.43. The molecule has 1 amide bonds. The largest absolute Gasteiger partial charge is 0.350 e. The number of amides is 1. The van der Waals surface area contributed by atoms with Gasteiger partial charge < -0.3 is 10.2 Å². The lowest BCUT2D eigenvalue weighted by Crippen LogP contribution is -2.48. The van der Waals surface area contributed by atoms with E-state index in [0.717, 1.165) is 31.7 Å². The van der Waals surface area contributed by atoms with Gasteiger partial charge in [0.25, 0.3) is 11.6 Å². The topological polar surface area (TPSA) is 78.7 Å². The van der Waals surface area contributed by atoms with Crippen LogP contribution < -0.4 is 5.32 Å². The maximum absolute atomic E-state index is 12.6. The Morgan fingerprint density at radius 2 is 1.82 bits per heavy atom. The molecule has 7 nitrogen and oxygen atoms in total. The first-order chi connectivity index (χ1) is 13.4. The van der Waals surface area contributed by atoms with Gasteiger partial charge in [-0.15, -0.1) is 0 Å². The average molecular weight is 382 g/mol. The van der Waals surface area contributed by atoms with E-state index in [1.54, 1.807) is 6.07 Å².